The van der Waals surface area contributed by atoms with Gasteiger partial charge >= 0.3 is 0 Å². The number of fused-ring (bicyclic) bond motifs is 1. The van der Waals surface area contributed by atoms with E-state index in [0.29, 0.717) is 6.54 Å². The molecule has 1 fully saturated rings. The Morgan fingerprint density at radius 3 is 2.59 bits per heavy atom. The Bertz CT molecular complexity index is 846. The lowest BCUT2D eigenvalue weighted by atomic mass is 9.90. The van der Waals surface area contributed by atoms with Crippen molar-refractivity contribution in [3.8, 4) is 0 Å². The Kier molecular flexibility index (Phi) is 5.54. The van der Waals surface area contributed by atoms with Crippen molar-refractivity contribution in [2.45, 2.75) is 19.3 Å². The van der Waals surface area contributed by atoms with Crippen LogP contribution in [0.1, 0.15) is 28.8 Å². The number of nitrogens with zero attached hydrogens (tertiary/aromatic N) is 2. The average Bonchev–Trinajstić information content (AvgIpc) is 3.14. The van der Waals surface area contributed by atoms with E-state index in [0.717, 1.165) is 36.6 Å². The molecule has 4 rings (SSSR count). The molecule has 1 saturated heterocycles. The van der Waals surface area contributed by atoms with Crippen molar-refractivity contribution in [2.75, 3.05) is 26.2 Å². The van der Waals surface area contributed by atoms with Gasteiger partial charge in [-0.3, -0.25) is 4.79 Å². The van der Waals surface area contributed by atoms with Gasteiger partial charge in [-0.05, 0) is 62.0 Å². The van der Waals surface area contributed by atoms with E-state index in [-0.39, 0.29) is 5.91 Å². The summed E-state index contributed by atoms with van der Waals surface area (Å²) in [5.74, 6) is 0.796. The average molecular weight is 361 g/mol. The first-order valence-corrected chi connectivity index (χ1v) is 9.89. The number of carbonyl (C=O) groups is 1. The first-order chi connectivity index (χ1) is 13.3. The van der Waals surface area contributed by atoms with E-state index in [9.17, 15) is 4.79 Å². The number of piperidine rings is 1. The molecule has 3 heterocycles. The molecule has 4 heteroatoms. The molecular formula is C23H27N3O. The number of pyridine rings is 1. The predicted octanol–water partition coefficient (Wildman–Crippen LogP) is 3.62. The lowest BCUT2D eigenvalue weighted by Gasteiger charge is -2.32. The van der Waals surface area contributed by atoms with E-state index >= 15 is 0 Å². The van der Waals surface area contributed by atoms with Gasteiger partial charge in [-0.1, -0.05) is 36.4 Å². The van der Waals surface area contributed by atoms with Gasteiger partial charge in [-0.2, -0.15) is 0 Å². The maximum atomic E-state index is 12.4. The minimum atomic E-state index is 0.0117. The quantitative estimate of drug-likeness (QED) is 0.728. The van der Waals surface area contributed by atoms with Crippen LogP contribution in [0.25, 0.3) is 5.52 Å². The second-order valence-electron chi connectivity index (χ2n) is 7.49. The van der Waals surface area contributed by atoms with Crippen LogP contribution in [0.2, 0.25) is 0 Å². The summed E-state index contributed by atoms with van der Waals surface area (Å²) in [5, 5.41) is 3.06. The molecule has 140 valence electrons. The molecule has 0 aliphatic carbocycles. The Hall–Kier alpha value is -2.59. The van der Waals surface area contributed by atoms with Crippen LogP contribution in [0, 0.1) is 5.92 Å². The van der Waals surface area contributed by atoms with Gasteiger partial charge in [0.15, 0.2) is 0 Å². The van der Waals surface area contributed by atoms with Crippen molar-refractivity contribution >= 4 is 11.4 Å². The zero-order chi connectivity index (χ0) is 18.5. The van der Waals surface area contributed by atoms with E-state index in [1.807, 2.05) is 41.1 Å². The highest BCUT2D eigenvalue weighted by molar-refractivity contribution is 5.95. The Morgan fingerprint density at radius 1 is 1.04 bits per heavy atom. The molecule has 0 unspecified atom stereocenters. The molecule has 0 atom stereocenters. The zero-order valence-electron chi connectivity index (χ0n) is 15.7. The summed E-state index contributed by atoms with van der Waals surface area (Å²) < 4.78 is 1.98. The van der Waals surface area contributed by atoms with Crippen molar-refractivity contribution in [1.82, 2.24) is 14.6 Å². The largest absolute Gasteiger partial charge is 0.351 e. The summed E-state index contributed by atoms with van der Waals surface area (Å²) in [7, 11) is 0. The maximum Gasteiger partial charge on any atom is 0.252 e. The van der Waals surface area contributed by atoms with Crippen LogP contribution < -0.4 is 5.32 Å². The molecule has 27 heavy (non-hydrogen) atoms. The molecule has 1 aliphatic heterocycles. The van der Waals surface area contributed by atoms with Crippen molar-refractivity contribution < 1.29 is 4.79 Å². The molecule has 1 N–H and O–H groups in total. The smallest absolute Gasteiger partial charge is 0.252 e. The van der Waals surface area contributed by atoms with Gasteiger partial charge in [0.05, 0.1) is 5.56 Å². The van der Waals surface area contributed by atoms with Gasteiger partial charge < -0.3 is 14.6 Å². The van der Waals surface area contributed by atoms with Gasteiger partial charge in [0, 0.05) is 31.0 Å². The fraction of sp³-hybridized carbons (Fsp3) is 0.348. The summed E-state index contributed by atoms with van der Waals surface area (Å²) in [4.78, 5) is 14.8. The Morgan fingerprint density at radius 2 is 1.81 bits per heavy atom. The molecule has 2 aromatic heterocycles. The molecule has 1 amide bonds. The highest BCUT2D eigenvalue weighted by atomic mass is 16.1. The third-order valence-corrected chi connectivity index (χ3v) is 5.55. The number of rotatable bonds is 6. The third kappa shape index (κ3) is 4.58. The van der Waals surface area contributed by atoms with Crippen molar-refractivity contribution in [2.24, 2.45) is 5.92 Å². The van der Waals surface area contributed by atoms with Crippen LogP contribution in [-0.2, 0) is 6.42 Å². The van der Waals surface area contributed by atoms with Crippen molar-refractivity contribution in [3.63, 3.8) is 0 Å². The summed E-state index contributed by atoms with van der Waals surface area (Å²) in [6.07, 6.45) is 7.53. The molecule has 0 saturated carbocycles. The van der Waals surface area contributed by atoms with Crippen LogP contribution in [-0.4, -0.2) is 41.4 Å². The van der Waals surface area contributed by atoms with Gasteiger partial charge in [-0.15, -0.1) is 0 Å². The van der Waals surface area contributed by atoms with Crippen LogP contribution >= 0.6 is 0 Å². The molecule has 1 aromatic carbocycles. The first-order valence-electron chi connectivity index (χ1n) is 9.89. The van der Waals surface area contributed by atoms with Gasteiger partial charge in [0.1, 0.15) is 0 Å². The van der Waals surface area contributed by atoms with Crippen LogP contribution in [0.5, 0.6) is 0 Å². The summed E-state index contributed by atoms with van der Waals surface area (Å²) >= 11 is 0. The molecule has 1 aliphatic rings. The SMILES string of the molecule is O=C(NCCN1CCC(Cc2ccccc2)CC1)c1cc2ccccn2c1. The fourth-order valence-electron chi connectivity index (χ4n) is 3.97. The summed E-state index contributed by atoms with van der Waals surface area (Å²) in [5.41, 5.74) is 3.22. The normalized spacial score (nSPS) is 15.9. The minimum absolute atomic E-state index is 0.0117. The molecule has 0 radical (unpaired) electrons. The number of hydrogen-bond acceptors (Lipinski definition) is 2. The topological polar surface area (TPSA) is 36.8 Å². The third-order valence-electron chi connectivity index (χ3n) is 5.55. The van der Waals surface area contributed by atoms with E-state index in [2.05, 4.69) is 40.5 Å². The van der Waals surface area contributed by atoms with Crippen LogP contribution in [0.3, 0.4) is 0 Å². The molecular weight excluding hydrogens is 334 g/mol. The first kappa shape index (κ1) is 17.8. The molecule has 0 bridgehead atoms. The monoisotopic (exact) mass is 361 g/mol. The standard InChI is InChI=1S/C23H27N3O/c27-23(21-17-22-8-4-5-12-26(22)18-21)24-11-15-25-13-9-20(10-14-25)16-19-6-2-1-3-7-19/h1-8,12,17-18,20H,9-11,13-16H2,(H,24,27). The highest BCUT2D eigenvalue weighted by Crippen LogP contribution is 2.21. The van der Waals surface area contributed by atoms with E-state index in [1.165, 1.54) is 24.8 Å². The van der Waals surface area contributed by atoms with Crippen LogP contribution in [0.15, 0.2) is 67.0 Å². The van der Waals surface area contributed by atoms with Gasteiger partial charge in [-0.25, -0.2) is 0 Å². The molecule has 0 spiro atoms. The number of likely N-dealkylation sites (tertiary alicyclic amines) is 1. The number of benzene rings is 1. The Balaban J connectivity index is 1.19. The molecule has 3 aromatic rings. The number of hydrogen-bond donors (Lipinski definition) is 1. The van der Waals surface area contributed by atoms with E-state index in [1.54, 1.807) is 0 Å². The van der Waals surface area contributed by atoms with E-state index in [4.69, 9.17) is 0 Å². The number of carbonyl (C=O) groups excluding carboxylic acids is 1. The van der Waals surface area contributed by atoms with Crippen molar-refractivity contribution in [3.05, 3.63) is 78.1 Å². The molecule has 4 nitrogen and oxygen atoms in total. The number of amides is 1. The zero-order valence-corrected chi connectivity index (χ0v) is 15.7. The second-order valence-corrected chi connectivity index (χ2v) is 7.49. The van der Waals surface area contributed by atoms with Gasteiger partial charge in [0.25, 0.3) is 5.91 Å². The predicted molar refractivity (Wildman–Crippen MR) is 109 cm³/mol. The van der Waals surface area contributed by atoms with Crippen LogP contribution in [0.4, 0.5) is 0 Å². The lowest BCUT2D eigenvalue weighted by Crippen LogP contribution is -2.39. The van der Waals surface area contributed by atoms with E-state index < -0.39 is 0 Å². The maximum absolute atomic E-state index is 12.4. The second kappa shape index (κ2) is 8.40. The lowest BCUT2D eigenvalue weighted by molar-refractivity contribution is 0.0944. The Labute approximate surface area is 160 Å². The fourth-order valence-corrected chi connectivity index (χ4v) is 3.97. The van der Waals surface area contributed by atoms with Gasteiger partial charge in [0.2, 0.25) is 0 Å². The number of aromatic nitrogens is 1. The summed E-state index contributed by atoms with van der Waals surface area (Å²) in [6, 6.07) is 18.7. The minimum Gasteiger partial charge on any atom is -0.351 e. The number of nitrogens with one attached hydrogen (secondary N) is 1. The summed E-state index contributed by atoms with van der Waals surface area (Å²) in [6.45, 7) is 3.89. The van der Waals surface area contributed by atoms with Crippen molar-refractivity contribution in [1.29, 1.82) is 0 Å². The highest BCUT2D eigenvalue weighted by Gasteiger charge is 2.19.